The molecule has 0 aromatic carbocycles. The lowest BCUT2D eigenvalue weighted by molar-refractivity contribution is -0.142. The molecule has 4 nitrogen and oxygen atoms in total. The Labute approximate surface area is 76.1 Å². The van der Waals surface area contributed by atoms with Crippen LogP contribution in [-0.2, 0) is 9.53 Å². The Morgan fingerprint density at radius 3 is 2.92 bits per heavy atom. The molecule has 0 aliphatic carbocycles. The molecule has 0 spiro atoms. The summed E-state index contributed by atoms with van der Waals surface area (Å²) < 4.78 is 9.42. The van der Waals surface area contributed by atoms with Crippen molar-refractivity contribution in [3.05, 3.63) is 23.7 Å². The normalized spacial score (nSPS) is 12.5. The SMILES string of the molecule is COC(=O)C[C@@H](O)c1ccoc1C. The molecule has 4 heteroatoms. The molecular formula is C9H12O4. The zero-order chi connectivity index (χ0) is 9.84. The van der Waals surface area contributed by atoms with Gasteiger partial charge in [0.25, 0.3) is 0 Å². The van der Waals surface area contributed by atoms with Crippen LogP contribution in [0.4, 0.5) is 0 Å². The van der Waals surface area contributed by atoms with E-state index in [1.807, 2.05) is 0 Å². The number of carbonyl (C=O) groups is 1. The number of methoxy groups -OCH3 is 1. The second kappa shape index (κ2) is 4.09. The van der Waals surface area contributed by atoms with E-state index in [0.717, 1.165) is 0 Å². The van der Waals surface area contributed by atoms with Crippen molar-refractivity contribution in [1.29, 1.82) is 0 Å². The van der Waals surface area contributed by atoms with Gasteiger partial charge in [-0.25, -0.2) is 0 Å². The van der Waals surface area contributed by atoms with Crippen LogP contribution in [0.1, 0.15) is 23.8 Å². The zero-order valence-electron chi connectivity index (χ0n) is 7.61. The van der Waals surface area contributed by atoms with Crippen LogP contribution in [-0.4, -0.2) is 18.2 Å². The average molecular weight is 184 g/mol. The summed E-state index contributed by atoms with van der Waals surface area (Å²) in [5, 5.41) is 9.53. The third-order valence-corrected chi connectivity index (χ3v) is 1.85. The number of aliphatic hydroxyl groups excluding tert-OH is 1. The summed E-state index contributed by atoms with van der Waals surface area (Å²) in [4.78, 5) is 10.8. The van der Waals surface area contributed by atoms with E-state index in [4.69, 9.17) is 4.42 Å². The quantitative estimate of drug-likeness (QED) is 0.716. The van der Waals surface area contributed by atoms with Crippen molar-refractivity contribution in [1.82, 2.24) is 0 Å². The number of furan rings is 1. The Bertz CT molecular complexity index is 290. The highest BCUT2D eigenvalue weighted by atomic mass is 16.5. The van der Waals surface area contributed by atoms with Crippen LogP contribution in [0.5, 0.6) is 0 Å². The molecule has 1 aromatic heterocycles. The lowest BCUT2D eigenvalue weighted by atomic mass is 10.1. The number of aryl methyl sites for hydroxylation is 1. The highest BCUT2D eigenvalue weighted by Gasteiger charge is 2.16. The predicted molar refractivity (Wildman–Crippen MR) is 45.0 cm³/mol. The van der Waals surface area contributed by atoms with Gasteiger partial charge in [0.1, 0.15) is 5.76 Å². The standard InChI is InChI=1S/C9H12O4/c1-6-7(3-4-13-6)8(10)5-9(11)12-2/h3-4,8,10H,5H2,1-2H3/t8-/m1/s1. The second-order valence-electron chi connectivity index (χ2n) is 2.73. The van der Waals surface area contributed by atoms with Crippen LogP contribution < -0.4 is 0 Å². The van der Waals surface area contributed by atoms with Crippen LogP contribution in [0.25, 0.3) is 0 Å². The summed E-state index contributed by atoms with van der Waals surface area (Å²) in [6.07, 6.45) is 0.591. The lowest BCUT2D eigenvalue weighted by Crippen LogP contribution is -2.08. The van der Waals surface area contributed by atoms with Crippen molar-refractivity contribution in [3.63, 3.8) is 0 Å². The van der Waals surface area contributed by atoms with Gasteiger partial charge in [-0.3, -0.25) is 4.79 Å². The molecule has 0 amide bonds. The molecule has 1 heterocycles. The Kier molecular flexibility index (Phi) is 3.08. The molecule has 13 heavy (non-hydrogen) atoms. The fourth-order valence-electron chi connectivity index (χ4n) is 1.09. The van der Waals surface area contributed by atoms with Crippen molar-refractivity contribution in [2.75, 3.05) is 7.11 Å². The molecule has 0 bridgehead atoms. The predicted octanol–water partition coefficient (Wildman–Crippen LogP) is 1.18. The topological polar surface area (TPSA) is 59.7 Å². The van der Waals surface area contributed by atoms with E-state index in [1.54, 1.807) is 13.0 Å². The van der Waals surface area contributed by atoms with E-state index in [1.165, 1.54) is 13.4 Å². The summed E-state index contributed by atoms with van der Waals surface area (Å²) >= 11 is 0. The van der Waals surface area contributed by atoms with Gasteiger partial charge < -0.3 is 14.3 Å². The summed E-state index contributed by atoms with van der Waals surface area (Å²) in [6, 6.07) is 1.64. The molecule has 0 fully saturated rings. The summed E-state index contributed by atoms with van der Waals surface area (Å²) in [5.41, 5.74) is 0.630. The van der Waals surface area contributed by atoms with Gasteiger partial charge in [-0.05, 0) is 13.0 Å². The number of hydrogen-bond acceptors (Lipinski definition) is 4. The fourth-order valence-corrected chi connectivity index (χ4v) is 1.09. The van der Waals surface area contributed by atoms with Crippen LogP contribution in [0.15, 0.2) is 16.7 Å². The number of aliphatic hydroxyl groups is 1. The highest BCUT2D eigenvalue weighted by molar-refractivity contribution is 5.70. The third-order valence-electron chi connectivity index (χ3n) is 1.85. The molecule has 1 N–H and O–H groups in total. The monoisotopic (exact) mass is 184 g/mol. The first-order valence-electron chi connectivity index (χ1n) is 3.94. The minimum atomic E-state index is -0.841. The van der Waals surface area contributed by atoms with E-state index in [-0.39, 0.29) is 6.42 Å². The van der Waals surface area contributed by atoms with Crippen molar-refractivity contribution in [2.24, 2.45) is 0 Å². The first-order valence-corrected chi connectivity index (χ1v) is 3.94. The van der Waals surface area contributed by atoms with Crippen molar-refractivity contribution in [2.45, 2.75) is 19.4 Å². The molecular weight excluding hydrogens is 172 g/mol. The van der Waals surface area contributed by atoms with Gasteiger partial charge >= 0.3 is 5.97 Å². The Balaban J connectivity index is 2.63. The molecule has 0 unspecified atom stereocenters. The fraction of sp³-hybridized carbons (Fsp3) is 0.444. The maximum atomic E-state index is 10.8. The number of ether oxygens (including phenoxy) is 1. The second-order valence-corrected chi connectivity index (χ2v) is 2.73. The summed E-state index contributed by atoms with van der Waals surface area (Å²) in [7, 11) is 1.29. The molecule has 0 aliphatic heterocycles. The minimum absolute atomic E-state index is 0.0448. The van der Waals surface area contributed by atoms with Gasteiger partial charge in [-0.1, -0.05) is 0 Å². The van der Waals surface area contributed by atoms with Gasteiger partial charge in [0.05, 0.1) is 25.9 Å². The van der Waals surface area contributed by atoms with Gasteiger partial charge in [0, 0.05) is 5.56 Å². The molecule has 1 aromatic rings. The molecule has 0 saturated carbocycles. The van der Waals surface area contributed by atoms with E-state index < -0.39 is 12.1 Å². The van der Waals surface area contributed by atoms with Crippen molar-refractivity contribution < 1.29 is 19.1 Å². The smallest absolute Gasteiger partial charge is 0.308 e. The molecule has 0 radical (unpaired) electrons. The Morgan fingerprint density at radius 1 is 1.77 bits per heavy atom. The van der Waals surface area contributed by atoms with E-state index in [0.29, 0.717) is 11.3 Å². The molecule has 0 saturated heterocycles. The lowest BCUT2D eigenvalue weighted by Gasteiger charge is -2.07. The number of rotatable bonds is 3. The van der Waals surface area contributed by atoms with Gasteiger partial charge in [0.15, 0.2) is 0 Å². The molecule has 1 rings (SSSR count). The van der Waals surface area contributed by atoms with E-state index >= 15 is 0 Å². The van der Waals surface area contributed by atoms with Crippen LogP contribution in [0, 0.1) is 6.92 Å². The average Bonchev–Trinajstić information content (AvgIpc) is 2.51. The van der Waals surface area contributed by atoms with Crippen molar-refractivity contribution in [3.8, 4) is 0 Å². The van der Waals surface area contributed by atoms with Crippen LogP contribution >= 0.6 is 0 Å². The maximum Gasteiger partial charge on any atom is 0.308 e. The van der Waals surface area contributed by atoms with Crippen LogP contribution in [0.3, 0.4) is 0 Å². The van der Waals surface area contributed by atoms with Gasteiger partial charge in [0.2, 0.25) is 0 Å². The zero-order valence-corrected chi connectivity index (χ0v) is 7.61. The number of carbonyl (C=O) groups excluding carboxylic acids is 1. The van der Waals surface area contributed by atoms with Gasteiger partial charge in [-0.15, -0.1) is 0 Å². The first kappa shape index (κ1) is 9.80. The molecule has 72 valence electrons. The minimum Gasteiger partial charge on any atom is -0.469 e. The van der Waals surface area contributed by atoms with Crippen LogP contribution in [0.2, 0.25) is 0 Å². The largest absolute Gasteiger partial charge is 0.469 e. The van der Waals surface area contributed by atoms with E-state index in [9.17, 15) is 9.90 Å². The Morgan fingerprint density at radius 2 is 2.46 bits per heavy atom. The summed E-state index contributed by atoms with van der Waals surface area (Å²) in [5.74, 6) is 0.185. The molecule has 1 atom stereocenters. The number of esters is 1. The highest BCUT2D eigenvalue weighted by Crippen LogP contribution is 2.21. The number of hydrogen-bond donors (Lipinski definition) is 1. The maximum absolute atomic E-state index is 10.8. The molecule has 0 aliphatic rings. The van der Waals surface area contributed by atoms with E-state index in [2.05, 4.69) is 4.74 Å². The summed E-state index contributed by atoms with van der Waals surface area (Å²) in [6.45, 7) is 1.73. The van der Waals surface area contributed by atoms with Crippen molar-refractivity contribution >= 4 is 5.97 Å². The first-order chi connectivity index (χ1) is 6.15. The third kappa shape index (κ3) is 2.32. The van der Waals surface area contributed by atoms with Gasteiger partial charge in [-0.2, -0.15) is 0 Å². The Hall–Kier alpha value is -1.29.